The summed E-state index contributed by atoms with van der Waals surface area (Å²) in [6, 6.07) is 6.15. The Morgan fingerprint density at radius 3 is 2.81 bits per heavy atom. The number of hydrogen-bond donors (Lipinski definition) is 1. The Hall–Kier alpha value is -1.95. The van der Waals surface area contributed by atoms with Crippen molar-refractivity contribution in [2.24, 2.45) is 16.5 Å². The van der Waals surface area contributed by atoms with Crippen LogP contribution < -0.4 is 0 Å². The molecule has 2 heterocycles. The van der Waals surface area contributed by atoms with Crippen LogP contribution in [0.5, 0.6) is 0 Å². The highest BCUT2D eigenvalue weighted by atomic mass is 19.1. The second-order valence-corrected chi connectivity index (χ2v) is 8.00. The zero-order chi connectivity index (χ0) is 18.7. The zero-order valence-corrected chi connectivity index (χ0v) is 15.4. The van der Waals surface area contributed by atoms with Crippen LogP contribution in [0.25, 0.3) is 0 Å². The summed E-state index contributed by atoms with van der Waals surface area (Å²) in [5.74, 6) is -0.525. The average molecular weight is 362 g/mol. The molecule has 2 atom stereocenters. The molecule has 26 heavy (non-hydrogen) atoms. The molecule has 0 unspecified atom stereocenters. The second-order valence-electron chi connectivity index (χ2n) is 8.00. The number of carboxylic acids is 1. The topological polar surface area (TPSA) is 62.1 Å². The molecule has 0 aromatic heterocycles. The van der Waals surface area contributed by atoms with Crippen LogP contribution in [0.4, 0.5) is 4.39 Å². The molecular weight excluding hydrogens is 335 g/mol. The largest absolute Gasteiger partial charge is 0.481 e. The van der Waals surface area contributed by atoms with Gasteiger partial charge >= 0.3 is 5.97 Å². The Balaban J connectivity index is 1.66. The SMILES string of the molecule is CC(C)CN1CCC[C@](C[C@H]2CC(c3ccc(F)cc3)=NO2)(C(=O)O)C1. The number of oxime groups is 1. The molecule has 0 bridgehead atoms. The number of aliphatic carboxylic acids is 1. The normalized spacial score (nSPS) is 26.6. The summed E-state index contributed by atoms with van der Waals surface area (Å²) in [6.45, 7) is 6.74. The van der Waals surface area contributed by atoms with E-state index in [1.165, 1.54) is 12.1 Å². The monoisotopic (exact) mass is 362 g/mol. The molecule has 1 N–H and O–H groups in total. The van der Waals surface area contributed by atoms with E-state index in [0.717, 1.165) is 30.8 Å². The third kappa shape index (κ3) is 4.23. The lowest BCUT2D eigenvalue weighted by molar-refractivity contribution is -0.155. The van der Waals surface area contributed by atoms with Crippen molar-refractivity contribution in [2.45, 2.75) is 45.6 Å². The van der Waals surface area contributed by atoms with Gasteiger partial charge in [-0.05, 0) is 43.0 Å². The molecular formula is C20H27FN2O3. The fourth-order valence-corrected chi connectivity index (χ4v) is 4.11. The number of carbonyl (C=O) groups is 1. The van der Waals surface area contributed by atoms with Crippen LogP contribution in [0.2, 0.25) is 0 Å². The summed E-state index contributed by atoms with van der Waals surface area (Å²) >= 11 is 0. The summed E-state index contributed by atoms with van der Waals surface area (Å²) in [5.41, 5.74) is 0.791. The van der Waals surface area contributed by atoms with Gasteiger partial charge in [-0.15, -0.1) is 0 Å². The van der Waals surface area contributed by atoms with E-state index in [-0.39, 0.29) is 11.9 Å². The Labute approximate surface area is 153 Å². The van der Waals surface area contributed by atoms with Crippen LogP contribution in [0.3, 0.4) is 0 Å². The molecule has 0 saturated carbocycles. The lowest BCUT2D eigenvalue weighted by atomic mass is 9.74. The lowest BCUT2D eigenvalue weighted by Gasteiger charge is -2.41. The number of nitrogens with zero attached hydrogens (tertiary/aromatic N) is 2. The highest BCUT2D eigenvalue weighted by Crippen LogP contribution is 2.38. The minimum atomic E-state index is -0.786. The standard InChI is InChI=1S/C20H27FN2O3/c1-14(2)12-23-9-3-8-20(13-23,19(24)25)11-17-10-18(22-26-17)15-4-6-16(21)7-5-15/h4-7,14,17H,3,8-13H2,1-2H3,(H,24,25)/t17-,20-/m1/s1. The van der Waals surface area contributed by atoms with Crippen LogP contribution in [0.15, 0.2) is 29.4 Å². The van der Waals surface area contributed by atoms with Crippen molar-refractivity contribution < 1.29 is 19.1 Å². The molecule has 0 amide bonds. The average Bonchev–Trinajstić information content (AvgIpc) is 3.03. The number of rotatable bonds is 6. The molecule has 3 rings (SSSR count). The Bertz CT molecular complexity index is 674. The first-order valence-corrected chi connectivity index (χ1v) is 9.32. The Morgan fingerprint density at radius 1 is 1.42 bits per heavy atom. The molecule has 0 radical (unpaired) electrons. The lowest BCUT2D eigenvalue weighted by Crippen LogP contribution is -2.50. The van der Waals surface area contributed by atoms with Gasteiger partial charge in [0.1, 0.15) is 11.9 Å². The highest BCUT2D eigenvalue weighted by molar-refractivity contribution is 6.01. The predicted octanol–water partition coefficient (Wildman–Crippen LogP) is 3.53. The fraction of sp³-hybridized carbons (Fsp3) is 0.600. The molecule has 1 aromatic carbocycles. The van der Waals surface area contributed by atoms with E-state index in [0.29, 0.717) is 31.7 Å². The van der Waals surface area contributed by atoms with E-state index in [1.54, 1.807) is 12.1 Å². The van der Waals surface area contributed by atoms with E-state index in [4.69, 9.17) is 4.84 Å². The molecule has 142 valence electrons. The van der Waals surface area contributed by atoms with Crippen molar-refractivity contribution >= 4 is 11.7 Å². The molecule has 5 nitrogen and oxygen atoms in total. The van der Waals surface area contributed by atoms with Crippen molar-refractivity contribution in [1.82, 2.24) is 4.90 Å². The number of piperidine rings is 1. The van der Waals surface area contributed by atoms with Gasteiger partial charge in [0.2, 0.25) is 0 Å². The van der Waals surface area contributed by atoms with E-state index in [2.05, 4.69) is 23.9 Å². The molecule has 0 aliphatic carbocycles. The van der Waals surface area contributed by atoms with E-state index < -0.39 is 11.4 Å². The van der Waals surface area contributed by atoms with Crippen LogP contribution >= 0.6 is 0 Å². The zero-order valence-electron chi connectivity index (χ0n) is 15.4. The molecule has 1 saturated heterocycles. The minimum absolute atomic E-state index is 0.245. The van der Waals surface area contributed by atoms with Gasteiger partial charge in [-0.2, -0.15) is 0 Å². The van der Waals surface area contributed by atoms with Crippen molar-refractivity contribution in [3.63, 3.8) is 0 Å². The number of likely N-dealkylation sites (tertiary alicyclic amines) is 1. The maximum absolute atomic E-state index is 13.1. The third-order valence-corrected chi connectivity index (χ3v) is 5.26. The quantitative estimate of drug-likeness (QED) is 0.841. The van der Waals surface area contributed by atoms with Crippen LogP contribution in [-0.2, 0) is 9.63 Å². The summed E-state index contributed by atoms with van der Waals surface area (Å²) in [6.07, 6.45) is 2.32. The predicted molar refractivity (Wildman–Crippen MR) is 97.6 cm³/mol. The number of hydrogen-bond acceptors (Lipinski definition) is 4. The summed E-state index contributed by atoms with van der Waals surface area (Å²) in [7, 11) is 0. The van der Waals surface area contributed by atoms with Crippen molar-refractivity contribution in [3.8, 4) is 0 Å². The van der Waals surface area contributed by atoms with Gasteiger partial charge < -0.3 is 14.8 Å². The maximum Gasteiger partial charge on any atom is 0.311 e. The summed E-state index contributed by atoms with van der Waals surface area (Å²) < 4.78 is 13.1. The first-order chi connectivity index (χ1) is 12.4. The third-order valence-electron chi connectivity index (χ3n) is 5.26. The van der Waals surface area contributed by atoms with Crippen molar-refractivity contribution in [1.29, 1.82) is 0 Å². The maximum atomic E-state index is 13.1. The molecule has 0 spiro atoms. The van der Waals surface area contributed by atoms with Crippen LogP contribution in [-0.4, -0.2) is 47.4 Å². The molecule has 6 heteroatoms. The first-order valence-electron chi connectivity index (χ1n) is 9.32. The fourth-order valence-electron chi connectivity index (χ4n) is 4.11. The van der Waals surface area contributed by atoms with Crippen LogP contribution in [0, 0.1) is 17.2 Å². The summed E-state index contributed by atoms with van der Waals surface area (Å²) in [5, 5.41) is 14.1. The number of carboxylic acid groups (broad SMARTS) is 1. The van der Waals surface area contributed by atoms with Gasteiger partial charge in [-0.1, -0.05) is 31.1 Å². The minimum Gasteiger partial charge on any atom is -0.481 e. The van der Waals surface area contributed by atoms with Gasteiger partial charge in [0.25, 0.3) is 0 Å². The smallest absolute Gasteiger partial charge is 0.311 e. The first kappa shape index (κ1) is 18.8. The number of halogens is 1. The molecule has 2 aliphatic rings. The second kappa shape index (κ2) is 7.74. The van der Waals surface area contributed by atoms with Crippen molar-refractivity contribution in [3.05, 3.63) is 35.6 Å². The Morgan fingerprint density at radius 2 is 2.15 bits per heavy atom. The molecule has 1 aromatic rings. The van der Waals surface area contributed by atoms with E-state index >= 15 is 0 Å². The molecule has 2 aliphatic heterocycles. The van der Waals surface area contributed by atoms with E-state index in [1.807, 2.05) is 0 Å². The summed E-state index contributed by atoms with van der Waals surface area (Å²) in [4.78, 5) is 19.9. The van der Waals surface area contributed by atoms with E-state index in [9.17, 15) is 14.3 Å². The van der Waals surface area contributed by atoms with Gasteiger partial charge in [0.15, 0.2) is 0 Å². The van der Waals surface area contributed by atoms with Crippen LogP contribution in [0.1, 0.15) is 45.1 Å². The van der Waals surface area contributed by atoms with Crippen molar-refractivity contribution in [2.75, 3.05) is 19.6 Å². The molecule has 1 fully saturated rings. The number of benzene rings is 1. The Kier molecular flexibility index (Phi) is 5.61. The van der Waals surface area contributed by atoms with Gasteiger partial charge in [-0.25, -0.2) is 4.39 Å². The highest BCUT2D eigenvalue weighted by Gasteiger charge is 2.45. The van der Waals surface area contributed by atoms with Gasteiger partial charge in [0, 0.05) is 25.9 Å². The van der Waals surface area contributed by atoms with Gasteiger partial charge in [-0.3, -0.25) is 4.79 Å². The van der Waals surface area contributed by atoms with Gasteiger partial charge in [0.05, 0.1) is 11.1 Å².